The molecular formula is C17H19F3N4O3S. The van der Waals surface area contributed by atoms with Crippen LogP contribution in [0.1, 0.15) is 42.7 Å². The first-order chi connectivity index (χ1) is 13.0. The number of benzene rings is 1. The molecule has 1 aromatic heterocycles. The minimum absolute atomic E-state index is 0.115. The van der Waals surface area contributed by atoms with Crippen LogP contribution in [0.15, 0.2) is 29.4 Å². The number of aliphatic hydroxyl groups excluding tert-OH is 1. The predicted octanol–water partition coefficient (Wildman–Crippen LogP) is 2.41. The summed E-state index contributed by atoms with van der Waals surface area (Å²) >= 11 is 0. The zero-order valence-corrected chi connectivity index (χ0v) is 15.5. The summed E-state index contributed by atoms with van der Waals surface area (Å²) in [6.45, 7) is 0. The van der Waals surface area contributed by atoms with E-state index >= 15 is 0 Å². The van der Waals surface area contributed by atoms with Crippen molar-refractivity contribution in [3.63, 3.8) is 0 Å². The van der Waals surface area contributed by atoms with Crippen molar-refractivity contribution in [3.8, 4) is 11.3 Å². The monoisotopic (exact) mass is 416 g/mol. The summed E-state index contributed by atoms with van der Waals surface area (Å²) in [5, 5.41) is 14.8. The summed E-state index contributed by atoms with van der Waals surface area (Å²) in [7, 11) is -4.67. The first kappa shape index (κ1) is 20.5. The number of hydrogen-bond acceptors (Lipinski definition) is 6. The zero-order chi connectivity index (χ0) is 20.7. The lowest BCUT2D eigenvalue weighted by Crippen LogP contribution is -2.24. The van der Waals surface area contributed by atoms with Gasteiger partial charge in [0, 0.05) is 5.56 Å². The molecule has 5 N–H and O–H groups in total. The van der Waals surface area contributed by atoms with E-state index in [-0.39, 0.29) is 22.6 Å². The Morgan fingerprint density at radius 3 is 2.21 bits per heavy atom. The van der Waals surface area contributed by atoms with Gasteiger partial charge in [0.2, 0.25) is 10.0 Å². The molecule has 0 spiro atoms. The van der Waals surface area contributed by atoms with Gasteiger partial charge in [-0.15, -0.1) is 0 Å². The lowest BCUT2D eigenvalue weighted by atomic mass is 9.80. The normalized spacial score (nSPS) is 20.9. The SMILES string of the molecule is Nc1cnc(-c2cc(C3CCC(O)CC3)c(C(F)(F)F)c(S(N)(=O)=O)c2)cn1. The van der Waals surface area contributed by atoms with Crippen molar-refractivity contribution in [3.05, 3.63) is 35.7 Å². The van der Waals surface area contributed by atoms with Gasteiger partial charge in [0.05, 0.1) is 34.7 Å². The van der Waals surface area contributed by atoms with Crippen molar-refractivity contribution in [1.29, 1.82) is 0 Å². The highest BCUT2D eigenvalue weighted by Crippen LogP contribution is 2.45. The molecule has 7 nitrogen and oxygen atoms in total. The number of primary sulfonamides is 1. The van der Waals surface area contributed by atoms with E-state index in [4.69, 9.17) is 10.9 Å². The molecule has 0 radical (unpaired) electrons. The molecule has 11 heteroatoms. The highest BCUT2D eigenvalue weighted by molar-refractivity contribution is 7.89. The Kier molecular flexibility index (Phi) is 5.34. The van der Waals surface area contributed by atoms with E-state index in [2.05, 4.69) is 9.97 Å². The van der Waals surface area contributed by atoms with Crippen LogP contribution in [0.25, 0.3) is 11.3 Å². The number of sulfonamides is 1. The second kappa shape index (κ2) is 7.30. The fourth-order valence-electron chi connectivity index (χ4n) is 3.51. The number of aromatic nitrogens is 2. The van der Waals surface area contributed by atoms with Gasteiger partial charge in [0.15, 0.2) is 0 Å². The first-order valence-corrected chi connectivity index (χ1v) is 10.1. The topological polar surface area (TPSA) is 132 Å². The number of nitrogen functional groups attached to an aromatic ring is 1. The number of nitrogens with zero attached hydrogens (tertiary/aromatic N) is 2. The van der Waals surface area contributed by atoms with Gasteiger partial charge in [0.25, 0.3) is 0 Å². The molecule has 0 unspecified atom stereocenters. The van der Waals surface area contributed by atoms with E-state index in [9.17, 15) is 26.7 Å². The molecule has 1 saturated carbocycles. The molecule has 3 rings (SSSR count). The number of rotatable bonds is 3. The number of aliphatic hydroxyl groups is 1. The standard InChI is InChI=1S/C17H19F3N4O3S/c18-17(19,20)16-12(9-1-3-11(25)4-2-9)5-10(6-14(16)28(22,26)27)13-7-24-15(21)8-23-13/h5-9,11,25H,1-4H2,(H2,21,24)(H2,22,26,27). The number of halogens is 3. The smallest absolute Gasteiger partial charge is 0.393 e. The van der Waals surface area contributed by atoms with Crippen molar-refractivity contribution in [2.45, 2.75) is 48.8 Å². The van der Waals surface area contributed by atoms with Crippen molar-refractivity contribution in [2.24, 2.45) is 5.14 Å². The molecule has 1 aliphatic rings. The summed E-state index contributed by atoms with van der Waals surface area (Å²) < 4.78 is 65.5. The highest BCUT2D eigenvalue weighted by Gasteiger charge is 2.41. The van der Waals surface area contributed by atoms with Crippen LogP contribution in [-0.4, -0.2) is 29.6 Å². The molecule has 2 aromatic rings. The highest BCUT2D eigenvalue weighted by atomic mass is 32.2. The second-order valence-corrected chi connectivity index (χ2v) is 8.34. The maximum absolute atomic E-state index is 13.8. The van der Waals surface area contributed by atoms with Gasteiger partial charge in [0.1, 0.15) is 5.82 Å². The molecule has 28 heavy (non-hydrogen) atoms. The van der Waals surface area contributed by atoms with E-state index in [0.717, 1.165) is 6.07 Å². The molecule has 0 atom stereocenters. The molecule has 1 fully saturated rings. The summed E-state index contributed by atoms with van der Waals surface area (Å²) in [6, 6.07) is 2.14. The van der Waals surface area contributed by atoms with Crippen LogP contribution in [0.4, 0.5) is 19.0 Å². The molecule has 1 aromatic carbocycles. The van der Waals surface area contributed by atoms with Crippen LogP contribution < -0.4 is 10.9 Å². The lowest BCUT2D eigenvalue weighted by molar-refractivity contribution is -0.140. The van der Waals surface area contributed by atoms with Crippen LogP contribution in [0.3, 0.4) is 0 Å². The number of alkyl halides is 3. The molecule has 0 aliphatic heterocycles. The molecule has 1 aliphatic carbocycles. The summed E-state index contributed by atoms with van der Waals surface area (Å²) in [5.74, 6) is -0.453. The molecule has 0 saturated heterocycles. The van der Waals surface area contributed by atoms with E-state index < -0.39 is 38.7 Å². The summed E-state index contributed by atoms with van der Waals surface area (Å²) in [4.78, 5) is 6.86. The van der Waals surface area contributed by atoms with Gasteiger partial charge in [-0.2, -0.15) is 13.2 Å². The molecule has 0 amide bonds. The third-order valence-corrected chi connectivity index (χ3v) is 5.76. The number of anilines is 1. The van der Waals surface area contributed by atoms with Crippen LogP contribution in [-0.2, 0) is 16.2 Å². The maximum atomic E-state index is 13.8. The second-order valence-electron chi connectivity index (χ2n) is 6.81. The fraction of sp³-hybridized carbons (Fsp3) is 0.412. The van der Waals surface area contributed by atoms with Gasteiger partial charge in [-0.1, -0.05) is 0 Å². The van der Waals surface area contributed by atoms with Crippen molar-refractivity contribution < 1.29 is 26.7 Å². The molecular weight excluding hydrogens is 397 g/mol. The van der Waals surface area contributed by atoms with Crippen LogP contribution in [0.2, 0.25) is 0 Å². The molecule has 1 heterocycles. The van der Waals surface area contributed by atoms with Crippen molar-refractivity contribution >= 4 is 15.8 Å². The average Bonchev–Trinajstić information content (AvgIpc) is 2.60. The molecule has 0 bridgehead atoms. The third-order valence-electron chi connectivity index (χ3n) is 4.83. The quantitative estimate of drug-likeness (QED) is 0.704. The largest absolute Gasteiger partial charge is 0.417 e. The average molecular weight is 416 g/mol. The Labute approximate surface area is 159 Å². The van der Waals surface area contributed by atoms with Crippen LogP contribution in [0.5, 0.6) is 0 Å². The first-order valence-electron chi connectivity index (χ1n) is 8.50. The Morgan fingerprint density at radius 1 is 1.07 bits per heavy atom. The van der Waals surface area contributed by atoms with Crippen molar-refractivity contribution in [2.75, 3.05) is 5.73 Å². The Bertz CT molecular complexity index is 970. The Balaban J connectivity index is 2.27. The summed E-state index contributed by atoms with van der Waals surface area (Å²) in [6.07, 6.45) is -1.76. The fourth-order valence-corrected chi connectivity index (χ4v) is 4.32. The van der Waals surface area contributed by atoms with E-state index in [1.807, 2.05) is 0 Å². The Hall–Kier alpha value is -2.24. The van der Waals surface area contributed by atoms with Gasteiger partial charge in [-0.05, 0) is 49.3 Å². The van der Waals surface area contributed by atoms with Gasteiger partial charge < -0.3 is 10.8 Å². The Morgan fingerprint density at radius 2 is 1.71 bits per heavy atom. The number of hydrogen-bond donors (Lipinski definition) is 3. The van der Waals surface area contributed by atoms with Gasteiger partial charge >= 0.3 is 6.18 Å². The van der Waals surface area contributed by atoms with E-state index in [1.165, 1.54) is 18.5 Å². The molecule has 152 valence electrons. The minimum atomic E-state index is -4.92. The minimum Gasteiger partial charge on any atom is -0.393 e. The number of nitrogens with two attached hydrogens (primary N) is 2. The van der Waals surface area contributed by atoms with Crippen molar-refractivity contribution in [1.82, 2.24) is 9.97 Å². The maximum Gasteiger partial charge on any atom is 0.417 e. The van der Waals surface area contributed by atoms with Crippen LogP contribution >= 0.6 is 0 Å². The van der Waals surface area contributed by atoms with E-state index in [0.29, 0.717) is 25.7 Å². The summed E-state index contributed by atoms with van der Waals surface area (Å²) in [5.41, 5.74) is 4.37. The zero-order valence-electron chi connectivity index (χ0n) is 14.6. The van der Waals surface area contributed by atoms with E-state index in [1.54, 1.807) is 0 Å². The predicted molar refractivity (Wildman–Crippen MR) is 95.5 cm³/mol. The lowest BCUT2D eigenvalue weighted by Gasteiger charge is -2.29. The van der Waals surface area contributed by atoms with Gasteiger partial charge in [-0.3, -0.25) is 4.98 Å². The third kappa shape index (κ3) is 4.26. The van der Waals surface area contributed by atoms with Gasteiger partial charge in [-0.25, -0.2) is 18.5 Å². The van der Waals surface area contributed by atoms with Crippen LogP contribution in [0, 0.1) is 0 Å².